The molecule has 9 nitrogen and oxygen atoms in total. The van der Waals surface area contributed by atoms with Crippen LogP contribution in [0.15, 0.2) is 122 Å². The molecule has 0 saturated carbocycles. The summed E-state index contributed by atoms with van der Waals surface area (Å²) in [7, 11) is 0. The number of carbonyl (C=O) groups is 1. The molecule has 6 atom stereocenters. The van der Waals surface area contributed by atoms with Gasteiger partial charge in [-0.1, -0.05) is 167 Å². The first-order chi connectivity index (χ1) is 31.4. The Hall–Kier alpha value is -3.41. The third kappa shape index (κ3) is 34.9. The molecule has 6 unspecified atom stereocenters. The summed E-state index contributed by atoms with van der Waals surface area (Å²) in [6.45, 7) is 4.18. The molecule has 0 spiro atoms. The Kier molecular flexibility index (Phi) is 41.0. The average Bonchev–Trinajstić information content (AvgIpc) is 3.30. The van der Waals surface area contributed by atoms with Gasteiger partial charge in [-0.3, -0.25) is 4.79 Å². The van der Waals surface area contributed by atoms with E-state index < -0.39 is 43.4 Å². The molecule has 362 valence electrons. The van der Waals surface area contributed by atoms with Crippen LogP contribution in [0.3, 0.4) is 0 Å². The molecule has 1 saturated heterocycles. The largest absolute Gasteiger partial charge is 0.457 e. The number of ether oxygens (including phenoxy) is 4. The highest BCUT2D eigenvalue weighted by atomic mass is 16.7. The second-order valence-corrected chi connectivity index (χ2v) is 16.1. The summed E-state index contributed by atoms with van der Waals surface area (Å²) in [6, 6.07) is 0. The SMILES string of the molecule is CC/C=C\C/C=C\C/C=C\C/C=C\C/C=C\C/C=C\C/C=C\CCCCOCC(COC1OC(CO)C(O)C(O)C1O)OC(=O)CCCCCCCCC/C=C\C/C=C\C/C=C\CC. The lowest BCUT2D eigenvalue weighted by atomic mass is 9.99. The van der Waals surface area contributed by atoms with E-state index in [-0.39, 0.29) is 25.6 Å². The van der Waals surface area contributed by atoms with Gasteiger partial charge in [-0.05, 0) is 103 Å². The molecular formula is C55H88O9. The molecule has 0 aromatic rings. The highest BCUT2D eigenvalue weighted by molar-refractivity contribution is 5.69. The third-order valence-electron chi connectivity index (χ3n) is 10.4. The highest BCUT2D eigenvalue weighted by Crippen LogP contribution is 2.22. The van der Waals surface area contributed by atoms with E-state index in [2.05, 4.69) is 135 Å². The lowest BCUT2D eigenvalue weighted by Gasteiger charge is -2.39. The molecule has 0 aliphatic carbocycles. The summed E-state index contributed by atoms with van der Waals surface area (Å²) in [5.41, 5.74) is 0. The van der Waals surface area contributed by atoms with Crippen LogP contribution in [0.5, 0.6) is 0 Å². The Morgan fingerprint density at radius 3 is 1.36 bits per heavy atom. The number of rotatable bonds is 40. The van der Waals surface area contributed by atoms with Crippen LogP contribution in [0.2, 0.25) is 0 Å². The second-order valence-electron chi connectivity index (χ2n) is 16.1. The van der Waals surface area contributed by atoms with Crippen LogP contribution in [-0.4, -0.2) is 89.6 Å². The molecule has 1 fully saturated rings. The van der Waals surface area contributed by atoms with Crippen LogP contribution in [0.1, 0.15) is 155 Å². The predicted octanol–water partition coefficient (Wildman–Crippen LogP) is 11.9. The zero-order chi connectivity index (χ0) is 46.4. The van der Waals surface area contributed by atoms with Crippen LogP contribution in [-0.2, 0) is 23.7 Å². The van der Waals surface area contributed by atoms with Gasteiger partial charge < -0.3 is 39.4 Å². The average molecular weight is 893 g/mol. The maximum absolute atomic E-state index is 12.8. The first-order valence-electron chi connectivity index (χ1n) is 24.6. The molecule has 4 N–H and O–H groups in total. The number of aliphatic hydroxyl groups excluding tert-OH is 4. The number of aliphatic hydroxyl groups is 4. The maximum atomic E-state index is 12.8. The molecule has 1 aliphatic heterocycles. The predicted molar refractivity (Wildman–Crippen MR) is 265 cm³/mol. The quantitative estimate of drug-likeness (QED) is 0.0269. The zero-order valence-corrected chi connectivity index (χ0v) is 39.7. The zero-order valence-electron chi connectivity index (χ0n) is 39.7. The summed E-state index contributed by atoms with van der Waals surface area (Å²) < 4.78 is 22.8. The molecule has 0 aromatic carbocycles. The van der Waals surface area contributed by atoms with Crippen molar-refractivity contribution >= 4 is 5.97 Å². The van der Waals surface area contributed by atoms with Crippen LogP contribution in [0, 0.1) is 0 Å². The second kappa shape index (κ2) is 44.8. The van der Waals surface area contributed by atoms with Crippen molar-refractivity contribution in [3.8, 4) is 0 Å². The smallest absolute Gasteiger partial charge is 0.306 e. The molecule has 1 heterocycles. The van der Waals surface area contributed by atoms with Gasteiger partial charge in [-0.25, -0.2) is 0 Å². The molecule has 1 aliphatic rings. The van der Waals surface area contributed by atoms with E-state index in [1.165, 1.54) is 19.3 Å². The normalized spacial score (nSPS) is 20.6. The Labute approximate surface area is 388 Å². The third-order valence-corrected chi connectivity index (χ3v) is 10.4. The van der Waals surface area contributed by atoms with E-state index in [0.29, 0.717) is 6.61 Å². The van der Waals surface area contributed by atoms with E-state index in [9.17, 15) is 25.2 Å². The maximum Gasteiger partial charge on any atom is 0.306 e. The lowest BCUT2D eigenvalue weighted by Crippen LogP contribution is -2.59. The molecule has 9 heteroatoms. The van der Waals surface area contributed by atoms with Gasteiger partial charge in [0.05, 0.1) is 19.8 Å². The standard InChI is InChI=1S/C55H88O9/c1-3-5-7-9-11-13-15-17-19-21-22-23-24-25-26-27-29-31-33-35-37-39-41-43-45-61-47-49(48-62-55-54(60)53(59)52(58)50(46-56)64-55)63-51(57)44-42-40-38-36-34-32-30-28-20-18-16-14-12-10-8-6-4-2/h5-8,11-14,17-20,22-23,25-26,29,31,35,37,49-50,52-56,58-60H,3-4,9-10,15-16,21,24,27-28,30,32-34,36,38-48H2,1-2H3/b7-5-,8-6-,13-11-,14-12-,19-17-,20-18-,23-22-,26-25-,31-29-,37-35-. The fraction of sp³-hybridized carbons (Fsp3) is 0.618. The van der Waals surface area contributed by atoms with Gasteiger partial charge in [0.1, 0.15) is 30.5 Å². The summed E-state index contributed by atoms with van der Waals surface area (Å²) in [4.78, 5) is 12.8. The number of esters is 1. The Morgan fingerprint density at radius 2 is 0.906 bits per heavy atom. The van der Waals surface area contributed by atoms with Crippen LogP contribution >= 0.6 is 0 Å². The molecule has 64 heavy (non-hydrogen) atoms. The molecule has 1 rings (SSSR count). The van der Waals surface area contributed by atoms with Crippen molar-refractivity contribution in [2.75, 3.05) is 26.4 Å². The first-order valence-corrected chi connectivity index (χ1v) is 24.6. The molecule has 0 amide bonds. The van der Waals surface area contributed by atoms with Gasteiger partial charge in [0.2, 0.25) is 0 Å². The van der Waals surface area contributed by atoms with Crippen LogP contribution in [0.25, 0.3) is 0 Å². The number of hydrogen-bond donors (Lipinski definition) is 4. The molecule has 0 aromatic heterocycles. The van der Waals surface area contributed by atoms with Crippen molar-refractivity contribution in [1.82, 2.24) is 0 Å². The van der Waals surface area contributed by atoms with Gasteiger partial charge in [0, 0.05) is 13.0 Å². The van der Waals surface area contributed by atoms with Crippen molar-refractivity contribution in [1.29, 1.82) is 0 Å². The fourth-order valence-corrected chi connectivity index (χ4v) is 6.60. The topological polar surface area (TPSA) is 135 Å². The van der Waals surface area contributed by atoms with Crippen molar-refractivity contribution < 1.29 is 44.2 Å². The minimum Gasteiger partial charge on any atom is -0.457 e. The summed E-state index contributed by atoms with van der Waals surface area (Å²) in [6.07, 6.45) is 58.0. The number of hydrogen-bond acceptors (Lipinski definition) is 9. The molecular weight excluding hydrogens is 805 g/mol. The number of allylic oxidation sites excluding steroid dienone is 20. The van der Waals surface area contributed by atoms with Gasteiger partial charge >= 0.3 is 5.97 Å². The highest BCUT2D eigenvalue weighted by Gasteiger charge is 2.44. The van der Waals surface area contributed by atoms with Crippen molar-refractivity contribution in [2.45, 2.75) is 192 Å². The van der Waals surface area contributed by atoms with E-state index in [0.717, 1.165) is 116 Å². The summed E-state index contributed by atoms with van der Waals surface area (Å²) >= 11 is 0. The van der Waals surface area contributed by atoms with Gasteiger partial charge in [-0.15, -0.1) is 0 Å². The first kappa shape index (κ1) is 58.6. The van der Waals surface area contributed by atoms with Crippen LogP contribution < -0.4 is 0 Å². The molecule has 0 bridgehead atoms. The van der Waals surface area contributed by atoms with Crippen molar-refractivity contribution in [3.63, 3.8) is 0 Å². The van der Waals surface area contributed by atoms with E-state index >= 15 is 0 Å². The van der Waals surface area contributed by atoms with E-state index in [1.54, 1.807) is 0 Å². The van der Waals surface area contributed by atoms with Crippen molar-refractivity contribution in [2.24, 2.45) is 0 Å². The van der Waals surface area contributed by atoms with Gasteiger partial charge in [0.15, 0.2) is 6.29 Å². The van der Waals surface area contributed by atoms with Gasteiger partial charge in [-0.2, -0.15) is 0 Å². The summed E-state index contributed by atoms with van der Waals surface area (Å²) in [5.74, 6) is -0.345. The minimum atomic E-state index is -1.56. The van der Waals surface area contributed by atoms with Crippen molar-refractivity contribution in [3.05, 3.63) is 122 Å². The lowest BCUT2D eigenvalue weighted by molar-refractivity contribution is -0.305. The fourth-order valence-electron chi connectivity index (χ4n) is 6.60. The van der Waals surface area contributed by atoms with Gasteiger partial charge in [0.25, 0.3) is 0 Å². The number of carbonyl (C=O) groups excluding carboxylic acids is 1. The minimum absolute atomic E-state index is 0.101. The Balaban J connectivity index is 2.29. The van der Waals surface area contributed by atoms with E-state index in [1.807, 2.05) is 0 Å². The monoisotopic (exact) mass is 893 g/mol. The van der Waals surface area contributed by atoms with E-state index in [4.69, 9.17) is 18.9 Å². The number of unbranched alkanes of at least 4 members (excludes halogenated alkanes) is 9. The molecule has 0 radical (unpaired) electrons. The summed E-state index contributed by atoms with van der Waals surface area (Å²) in [5, 5.41) is 40.2. The Morgan fingerprint density at radius 1 is 0.500 bits per heavy atom. The Bertz CT molecular complexity index is 1390. The van der Waals surface area contributed by atoms with Crippen LogP contribution in [0.4, 0.5) is 0 Å².